The average Bonchev–Trinajstić information content (AvgIpc) is 3.33. The van der Waals surface area contributed by atoms with E-state index in [1.165, 1.54) is 16.9 Å². The van der Waals surface area contributed by atoms with E-state index in [9.17, 15) is 4.79 Å². The highest BCUT2D eigenvalue weighted by molar-refractivity contribution is 7.21. The summed E-state index contributed by atoms with van der Waals surface area (Å²) in [7, 11) is 2.11. The summed E-state index contributed by atoms with van der Waals surface area (Å²) in [6, 6.07) is 14.4. The van der Waals surface area contributed by atoms with Crippen LogP contribution in [0, 0.1) is 0 Å². The normalized spacial score (nSPS) is 18.4. The summed E-state index contributed by atoms with van der Waals surface area (Å²) in [5.41, 5.74) is 1.19. The van der Waals surface area contributed by atoms with Crippen LogP contribution >= 0.6 is 22.7 Å². The molecule has 128 valence electrons. The minimum atomic E-state index is 0.0831. The Hall–Kier alpha value is -2.02. The molecule has 25 heavy (non-hydrogen) atoms. The molecule has 3 heterocycles. The summed E-state index contributed by atoms with van der Waals surface area (Å²) in [5.74, 6) is 0.0854. The van der Waals surface area contributed by atoms with E-state index in [2.05, 4.69) is 29.1 Å². The lowest BCUT2D eigenvalue weighted by atomic mass is 10.0. The van der Waals surface area contributed by atoms with Crippen LogP contribution in [0.15, 0.2) is 54.0 Å². The molecule has 1 amide bonds. The van der Waals surface area contributed by atoms with Gasteiger partial charge in [-0.25, -0.2) is 4.98 Å². The Morgan fingerprint density at radius 2 is 2.00 bits per heavy atom. The Kier molecular flexibility index (Phi) is 4.65. The second kappa shape index (κ2) is 7.07. The van der Waals surface area contributed by atoms with Crippen molar-refractivity contribution >= 4 is 28.6 Å². The number of rotatable bonds is 3. The first-order chi connectivity index (χ1) is 12.2. The fourth-order valence-corrected chi connectivity index (χ4v) is 4.83. The maximum absolute atomic E-state index is 13.2. The molecule has 2 aromatic heterocycles. The third-order valence-electron chi connectivity index (χ3n) is 4.48. The minimum absolute atomic E-state index is 0.0831. The molecule has 4 rings (SSSR count). The van der Waals surface area contributed by atoms with Crippen LogP contribution in [-0.4, -0.2) is 47.4 Å². The van der Waals surface area contributed by atoms with E-state index in [1.807, 2.05) is 40.6 Å². The van der Waals surface area contributed by atoms with Crippen molar-refractivity contribution in [2.45, 2.75) is 6.04 Å². The molecule has 1 saturated heterocycles. The van der Waals surface area contributed by atoms with Gasteiger partial charge in [0.1, 0.15) is 9.88 Å². The van der Waals surface area contributed by atoms with Crippen molar-refractivity contribution < 1.29 is 4.79 Å². The first kappa shape index (κ1) is 16.4. The van der Waals surface area contributed by atoms with Gasteiger partial charge in [0.05, 0.1) is 17.1 Å². The number of piperazine rings is 1. The Morgan fingerprint density at radius 3 is 2.76 bits per heavy atom. The fraction of sp³-hybridized carbons (Fsp3) is 0.263. The van der Waals surface area contributed by atoms with E-state index in [4.69, 9.17) is 0 Å². The molecule has 0 spiro atoms. The topological polar surface area (TPSA) is 36.4 Å². The van der Waals surface area contributed by atoms with Crippen LogP contribution in [-0.2, 0) is 0 Å². The zero-order valence-electron chi connectivity index (χ0n) is 14.0. The second-order valence-corrected chi connectivity index (χ2v) is 8.17. The number of hydrogen-bond acceptors (Lipinski definition) is 5. The number of amides is 1. The molecule has 3 aromatic rings. The molecule has 1 aliphatic rings. The Morgan fingerprint density at radius 1 is 1.16 bits per heavy atom. The lowest BCUT2D eigenvalue weighted by Crippen LogP contribution is -2.49. The first-order valence-corrected chi connectivity index (χ1v) is 9.96. The van der Waals surface area contributed by atoms with Gasteiger partial charge in [-0.2, -0.15) is 0 Å². The van der Waals surface area contributed by atoms with Gasteiger partial charge in [-0.15, -0.1) is 22.7 Å². The van der Waals surface area contributed by atoms with Crippen molar-refractivity contribution in [3.63, 3.8) is 0 Å². The minimum Gasteiger partial charge on any atom is -0.328 e. The number of nitrogens with zero attached hydrogens (tertiary/aromatic N) is 3. The van der Waals surface area contributed by atoms with Crippen molar-refractivity contribution in [1.29, 1.82) is 0 Å². The predicted molar refractivity (Wildman–Crippen MR) is 103 cm³/mol. The van der Waals surface area contributed by atoms with E-state index in [1.54, 1.807) is 17.5 Å². The predicted octanol–water partition coefficient (Wildman–Crippen LogP) is 4.00. The number of thiophene rings is 1. The van der Waals surface area contributed by atoms with Crippen LogP contribution in [0.5, 0.6) is 0 Å². The molecule has 1 unspecified atom stereocenters. The average molecular weight is 370 g/mol. The van der Waals surface area contributed by atoms with Gasteiger partial charge in [-0.05, 0) is 24.1 Å². The molecule has 0 radical (unpaired) electrons. The molecule has 4 nitrogen and oxygen atoms in total. The van der Waals surface area contributed by atoms with Crippen LogP contribution < -0.4 is 0 Å². The maximum atomic E-state index is 13.2. The summed E-state index contributed by atoms with van der Waals surface area (Å²) in [4.78, 5) is 23.7. The third-order valence-corrected chi connectivity index (χ3v) is 6.50. The number of aromatic nitrogens is 1. The first-order valence-electron chi connectivity index (χ1n) is 8.26. The maximum Gasteiger partial charge on any atom is 0.266 e. The second-order valence-electron chi connectivity index (χ2n) is 6.19. The molecule has 0 N–H and O–H groups in total. The van der Waals surface area contributed by atoms with E-state index in [0.717, 1.165) is 29.5 Å². The zero-order chi connectivity index (χ0) is 17.2. The number of likely N-dealkylation sites (N-methyl/N-ethyl adjacent to an activating group) is 1. The van der Waals surface area contributed by atoms with Crippen molar-refractivity contribution in [3.05, 3.63) is 64.5 Å². The van der Waals surface area contributed by atoms with Crippen LogP contribution in [0.2, 0.25) is 0 Å². The van der Waals surface area contributed by atoms with Gasteiger partial charge in [-0.1, -0.05) is 36.4 Å². The van der Waals surface area contributed by atoms with Crippen LogP contribution in [0.1, 0.15) is 21.3 Å². The molecular weight excluding hydrogens is 350 g/mol. The molecule has 1 atom stereocenters. The van der Waals surface area contributed by atoms with Gasteiger partial charge in [-0.3, -0.25) is 4.79 Å². The number of carbonyl (C=O) groups is 1. The number of thiazole rings is 1. The van der Waals surface area contributed by atoms with Crippen molar-refractivity contribution in [2.24, 2.45) is 0 Å². The van der Waals surface area contributed by atoms with Crippen molar-refractivity contribution in [3.8, 4) is 9.88 Å². The molecule has 0 bridgehead atoms. The highest BCUT2D eigenvalue weighted by Gasteiger charge is 2.31. The van der Waals surface area contributed by atoms with E-state index >= 15 is 0 Å². The largest absolute Gasteiger partial charge is 0.328 e. The van der Waals surface area contributed by atoms with Crippen LogP contribution in [0.3, 0.4) is 0 Å². The fourth-order valence-electron chi connectivity index (χ4n) is 3.15. The summed E-state index contributed by atoms with van der Waals surface area (Å²) in [5, 5.41) is 2.95. The van der Waals surface area contributed by atoms with Crippen LogP contribution in [0.4, 0.5) is 0 Å². The summed E-state index contributed by atoms with van der Waals surface area (Å²) >= 11 is 3.14. The smallest absolute Gasteiger partial charge is 0.266 e. The van der Waals surface area contributed by atoms with Crippen molar-refractivity contribution in [2.75, 3.05) is 26.7 Å². The molecule has 0 aliphatic carbocycles. The molecular formula is C19H19N3OS2. The van der Waals surface area contributed by atoms with Gasteiger partial charge >= 0.3 is 0 Å². The Labute approximate surface area is 155 Å². The van der Waals surface area contributed by atoms with E-state index in [-0.39, 0.29) is 11.9 Å². The van der Waals surface area contributed by atoms with Gasteiger partial charge in [0, 0.05) is 19.6 Å². The van der Waals surface area contributed by atoms with Crippen LogP contribution in [0.25, 0.3) is 9.88 Å². The van der Waals surface area contributed by atoms with E-state index in [0.29, 0.717) is 4.88 Å². The molecule has 6 heteroatoms. The van der Waals surface area contributed by atoms with E-state index < -0.39 is 0 Å². The molecule has 1 aromatic carbocycles. The van der Waals surface area contributed by atoms with Gasteiger partial charge in [0.2, 0.25) is 0 Å². The molecule has 1 fully saturated rings. The van der Waals surface area contributed by atoms with Gasteiger partial charge in [0.15, 0.2) is 0 Å². The number of carbonyl (C=O) groups excluding carboxylic acids is 1. The Balaban J connectivity index is 1.61. The van der Waals surface area contributed by atoms with Gasteiger partial charge in [0.25, 0.3) is 5.91 Å². The summed E-state index contributed by atoms with van der Waals surface area (Å²) in [6.45, 7) is 2.49. The SMILES string of the molecule is CN1CCN(C(=O)c2cnc(-c3cccs3)s2)C(c2ccccc2)C1. The quantitative estimate of drug-likeness (QED) is 0.700. The lowest BCUT2D eigenvalue weighted by Gasteiger charge is -2.40. The highest BCUT2D eigenvalue weighted by Crippen LogP contribution is 2.32. The molecule has 1 aliphatic heterocycles. The summed E-state index contributed by atoms with van der Waals surface area (Å²) in [6.07, 6.45) is 1.72. The highest BCUT2D eigenvalue weighted by atomic mass is 32.1. The molecule has 0 saturated carbocycles. The summed E-state index contributed by atoms with van der Waals surface area (Å²) < 4.78 is 0. The number of hydrogen-bond donors (Lipinski definition) is 0. The standard InChI is InChI=1S/C19H19N3OS2/c1-21-9-10-22(15(13-21)14-6-3-2-4-7-14)19(23)17-12-20-18(25-17)16-8-5-11-24-16/h2-8,11-12,15H,9-10,13H2,1H3. The lowest BCUT2D eigenvalue weighted by molar-refractivity contribution is 0.0502. The monoisotopic (exact) mass is 369 g/mol. The Bertz CT molecular complexity index is 845. The van der Waals surface area contributed by atoms with Gasteiger partial charge < -0.3 is 9.80 Å². The zero-order valence-corrected chi connectivity index (χ0v) is 15.6. The third kappa shape index (κ3) is 3.38. The van der Waals surface area contributed by atoms with Crippen molar-refractivity contribution in [1.82, 2.24) is 14.8 Å². The number of benzene rings is 1.